The molecular weight excluding hydrogens is 275 g/mol. The van der Waals surface area contributed by atoms with Gasteiger partial charge in [0.1, 0.15) is 0 Å². The third kappa shape index (κ3) is 2.68. The first kappa shape index (κ1) is 10.5. The molecule has 1 unspecified atom stereocenters. The van der Waals surface area contributed by atoms with E-state index >= 15 is 0 Å². The minimum atomic E-state index is -0.154. The second-order valence-electron chi connectivity index (χ2n) is 2.98. The first-order chi connectivity index (χ1) is 6.15. The van der Waals surface area contributed by atoms with E-state index < -0.39 is 0 Å². The standard InChI is InChI=1S/C10H11IN2/c1-7-2-3-8(6-9(7)11)10(13)4-5-12/h2-3,6,10H,4,13H2,1H3. The van der Waals surface area contributed by atoms with Crippen LogP contribution in [0.1, 0.15) is 23.6 Å². The molecule has 1 rings (SSSR count). The van der Waals surface area contributed by atoms with Gasteiger partial charge in [-0.1, -0.05) is 12.1 Å². The van der Waals surface area contributed by atoms with Crippen molar-refractivity contribution >= 4 is 22.6 Å². The summed E-state index contributed by atoms with van der Waals surface area (Å²) in [6.07, 6.45) is 0.374. The minimum Gasteiger partial charge on any atom is -0.323 e. The van der Waals surface area contributed by atoms with Crippen LogP contribution in [-0.2, 0) is 0 Å². The summed E-state index contributed by atoms with van der Waals surface area (Å²) in [7, 11) is 0. The number of rotatable bonds is 2. The maximum atomic E-state index is 8.49. The predicted octanol–water partition coefficient (Wildman–Crippen LogP) is 2.51. The lowest BCUT2D eigenvalue weighted by atomic mass is 10.0. The van der Waals surface area contributed by atoms with Gasteiger partial charge in [0.15, 0.2) is 0 Å². The first-order valence-electron chi connectivity index (χ1n) is 4.03. The molecule has 0 aliphatic rings. The molecule has 0 aliphatic heterocycles. The van der Waals surface area contributed by atoms with Crippen molar-refractivity contribution < 1.29 is 0 Å². The lowest BCUT2D eigenvalue weighted by Crippen LogP contribution is -2.09. The van der Waals surface area contributed by atoms with Gasteiger partial charge in [-0.05, 0) is 46.7 Å². The van der Waals surface area contributed by atoms with Gasteiger partial charge in [-0.15, -0.1) is 0 Å². The topological polar surface area (TPSA) is 49.8 Å². The van der Waals surface area contributed by atoms with Crippen molar-refractivity contribution in [1.82, 2.24) is 0 Å². The normalized spacial score (nSPS) is 12.2. The van der Waals surface area contributed by atoms with Gasteiger partial charge in [0.2, 0.25) is 0 Å². The first-order valence-corrected chi connectivity index (χ1v) is 5.11. The van der Waals surface area contributed by atoms with Crippen molar-refractivity contribution in [3.8, 4) is 6.07 Å². The molecule has 13 heavy (non-hydrogen) atoms. The average Bonchev–Trinajstić information content (AvgIpc) is 2.10. The van der Waals surface area contributed by atoms with Crippen molar-refractivity contribution in [2.24, 2.45) is 5.73 Å². The van der Waals surface area contributed by atoms with Gasteiger partial charge in [0, 0.05) is 9.61 Å². The number of hydrogen-bond acceptors (Lipinski definition) is 2. The third-order valence-electron chi connectivity index (χ3n) is 1.94. The van der Waals surface area contributed by atoms with E-state index in [1.165, 1.54) is 9.13 Å². The molecule has 0 spiro atoms. The lowest BCUT2D eigenvalue weighted by molar-refractivity contribution is 0.747. The highest BCUT2D eigenvalue weighted by Crippen LogP contribution is 2.19. The van der Waals surface area contributed by atoms with Crippen LogP contribution in [0.5, 0.6) is 0 Å². The lowest BCUT2D eigenvalue weighted by Gasteiger charge is -2.09. The summed E-state index contributed by atoms with van der Waals surface area (Å²) in [5.74, 6) is 0. The van der Waals surface area contributed by atoms with Crippen molar-refractivity contribution in [2.75, 3.05) is 0 Å². The second kappa shape index (κ2) is 4.58. The molecule has 1 aromatic carbocycles. The molecule has 0 saturated heterocycles. The Balaban J connectivity index is 2.91. The van der Waals surface area contributed by atoms with Gasteiger partial charge in [0.25, 0.3) is 0 Å². The number of aryl methyl sites for hydroxylation is 1. The van der Waals surface area contributed by atoms with Crippen LogP contribution in [-0.4, -0.2) is 0 Å². The van der Waals surface area contributed by atoms with Gasteiger partial charge >= 0.3 is 0 Å². The van der Waals surface area contributed by atoms with Crippen LogP contribution in [0, 0.1) is 21.8 Å². The van der Waals surface area contributed by atoms with E-state index in [-0.39, 0.29) is 6.04 Å². The van der Waals surface area contributed by atoms with E-state index in [1.807, 2.05) is 18.2 Å². The van der Waals surface area contributed by atoms with Gasteiger partial charge in [-0.2, -0.15) is 5.26 Å². The minimum absolute atomic E-state index is 0.154. The van der Waals surface area contributed by atoms with Crippen LogP contribution in [0.15, 0.2) is 18.2 Å². The molecular formula is C10H11IN2. The number of nitrogens with zero attached hydrogens (tertiary/aromatic N) is 1. The molecule has 0 bridgehead atoms. The highest BCUT2D eigenvalue weighted by atomic mass is 127. The van der Waals surface area contributed by atoms with Crippen molar-refractivity contribution in [2.45, 2.75) is 19.4 Å². The Labute approximate surface area is 91.9 Å². The molecule has 0 amide bonds. The summed E-state index contributed by atoms with van der Waals surface area (Å²) in [6, 6.07) is 7.98. The summed E-state index contributed by atoms with van der Waals surface area (Å²) < 4.78 is 1.20. The average molecular weight is 286 g/mol. The molecule has 0 fully saturated rings. The molecule has 0 radical (unpaired) electrons. The van der Waals surface area contributed by atoms with Gasteiger partial charge < -0.3 is 5.73 Å². The number of nitrogens with two attached hydrogens (primary N) is 1. The number of halogens is 1. The monoisotopic (exact) mass is 286 g/mol. The van der Waals surface area contributed by atoms with Crippen LogP contribution < -0.4 is 5.73 Å². The van der Waals surface area contributed by atoms with Gasteiger partial charge in [-0.3, -0.25) is 0 Å². The van der Waals surface area contributed by atoms with Crippen LogP contribution in [0.3, 0.4) is 0 Å². The fourth-order valence-corrected chi connectivity index (χ4v) is 1.60. The Kier molecular flexibility index (Phi) is 3.70. The summed E-state index contributed by atoms with van der Waals surface area (Å²) in [5.41, 5.74) is 8.08. The van der Waals surface area contributed by atoms with Crippen LogP contribution in [0.25, 0.3) is 0 Å². The zero-order valence-corrected chi connectivity index (χ0v) is 9.58. The molecule has 0 saturated carbocycles. The molecule has 2 N–H and O–H groups in total. The van der Waals surface area contributed by atoms with Crippen molar-refractivity contribution in [3.05, 3.63) is 32.9 Å². The van der Waals surface area contributed by atoms with E-state index in [4.69, 9.17) is 11.0 Å². The Morgan fingerprint density at radius 1 is 1.62 bits per heavy atom. The fraction of sp³-hybridized carbons (Fsp3) is 0.300. The Bertz CT molecular complexity index is 341. The summed E-state index contributed by atoms with van der Waals surface area (Å²) in [4.78, 5) is 0. The maximum absolute atomic E-state index is 8.49. The molecule has 2 nitrogen and oxygen atoms in total. The number of nitriles is 1. The Morgan fingerprint density at radius 3 is 2.85 bits per heavy atom. The zero-order chi connectivity index (χ0) is 9.84. The predicted molar refractivity (Wildman–Crippen MR) is 61.1 cm³/mol. The van der Waals surface area contributed by atoms with E-state index in [0.29, 0.717) is 6.42 Å². The van der Waals surface area contributed by atoms with Crippen molar-refractivity contribution in [1.29, 1.82) is 5.26 Å². The fourth-order valence-electron chi connectivity index (χ4n) is 1.06. The smallest absolute Gasteiger partial charge is 0.0641 e. The highest BCUT2D eigenvalue weighted by Gasteiger charge is 2.05. The highest BCUT2D eigenvalue weighted by molar-refractivity contribution is 14.1. The zero-order valence-electron chi connectivity index (χ0n) is 7.42. The Hall–Kier alpha value is -0.600. The molecule has 0 aromatic heterocycles. The summed E-state index contributed by atoms with van der Waals surface area (Å²) >= 11 is 2.27. The SMILES string of the molecule is Cc1ccc(C(N)CC#N)cc1I. The summed E-state index contributed by atoms with van der Waals surface area (Å²) in [6.45, 7) is 2.06. The van der Waals surface area contributed by atoms with Gasteiger partial charge in [-0.25, -0.2) is 0 Å². The molecule has 68 valence electrons. The van der Waals surface area contributed by atoms with E-state index in [1.54, 1.807) is 0 Å². The molecule has 1 aromatic rings. The number of hydrogen-bond donors (Lipinski definition) is 1. The molecule has 1 atom stereocenters. The van der Waals surface area contributed by atoms with Crippen molar-refractivity contribution in [3.63, 3.8) is 0 Å². The third-order valence-corrected chi connectivity index (χ3v) is 3.10. The maximum Gasteiger partial charge on any atom is 0.0641 e. The molecule has 0 aliphatic carbocycles. The number of benzene rings is 1. The Morgan fingerprint density at radius 2 is 2.31 bits per heavy atom. The quantitative estimate of drug-likeness (QED) is 0.849. The van der Waals surface area contributed by atoms with Gasteiger partial charge in [0.05, 0.1) is 12.5 Å². The van der Waals surface area contributed by atoms with Crippen LogP contribution >= 0.6 is 22.6 Å². The largest absolute Gasteiger partial charge is 0.323 e. The van der Waals surface area contributed by atoms with Crippen LogP contribution in [0.4, 0.5) is 0 Å². The van der Waals surface area contributed by atoms with E-state index in [0.717, 1.165) is 5.56 Å². The molecule has 0 heterocycles. The van der Waals surface area contributed by atoms with E-state index in [9.17, 15) is 0 Å². The summed E-state index contributed by atoms with van der Waals surface area (Å²) in [5, 5.41) is 8.49. The van der Waals surface area contributed by atoms with Crippen LogP contribution in [0.2, 0.25) is 0 Å². The molecule has 3 heteroatoms. The second-order valence-corrected chi connectivity index (χ2v) is 4.14. The van der Waals surface area contributed by atoms with E-state index in [2.05, 4.69) is 35.6 Å².